The van der Waals surface area contributed by atoms with E-state index >= 15 is 0 Å². The molecule has 1 aromatic carbocycles. The molecule has 1 rings (SSSR count). The van der Waals surface area contributed by atoms with Crippen LogP contribution in [0.15, 0.2) is 30.3 Å². The van der Waals surface area contributed by atoms with E-state index in [1.165, 1.54) is 0 Å². The molecule has 0 aliphatic rings. The fourth-order valence-electron chi connectivity index (χ4n) is 1.30. The van der Waals surface area contributed by atoms with Gasteiger partial charge < -0.3 is 10.1 Å². The van der Waals surface area contributed by atoms with Gasteiger partial charge in [0.05, 0.1) is 0 Å². The highest BCUT2D eigenvalue weighted by atomic mass is 19.4. The van der Waals surface area contributed by atoms with E-state index in [0.717, 1.165) is 5.56 Å². The number of benzene rings is 1. The summed E-state index contributed by atoms with van der Waals surface area (Å²) in [7, 11) is 0. The van der Waals surface area contributed by atoms with Gasteiger partial charge in [-0.05, 0) is 12.0 Å². The molecule has 0 saturated carbocycles. The van der Waals surface area contributed by atoms with Gasteiger partial charge in [0.2, 0.25) is 5.91 Å². The second-order valence-corrected chi connectivity index (χ2v) is 3.69. The first-order chi connectivity index (χ1) is 8.47. The Balaban J connectivity index is 2.11. The Bertz CT molecular complexity index is 365. The van der Waals surface area contributed by atoms with Crippen LogP contribution in [0.1, 0.15) is 5.56 Å². The summed E-state index contributed by atoms with van der Waals surface area (Å²) in [6, 6.07) is 9.46. The molecule has 1 aromatic rings. The average Bonchev–Trinajstić information content (AvgIpc) is 2.28. The molecule has 0 fully saturated rings. The second-order valence-electron chi connectivity index (χ2n) is 3.69. The largest absolute Gasteiger partial charge is 0.411 e. The summed E-state index contributed by atoms with van der Waals surface area (Å²) in [6.07, 6.45) is -3.77. The highest BCUT2D eigenvalue weighted by Crippen LogP contribution is 2.13. The molecule has 100 valence electrons. The van der Waals surface area contributed by atoms with E-state index in [2.05, 4.69) is 10.1 Å². The Morgan fingerprint density at radius 1 is 1.22 bits per heavy atom. The van der Waals surface area contributed by atoms with Crippen molar-refractivity contribution in [2.75, 3.05) is 19.8 Å². The average molecular weight is 261 g/mol. The predicted octanol–water partition coefficient (Wildman–Crippen LogP) is 1.92. The van der Waals surface area contributed by atoms with Gasteiger partial charge in [0.1, 0.15) is 13.2 Å². The lowest BCUT2D eigenvalue weighted by Gasteiger charge is -2.08. The van der Waals surface area contributed by atoms with E-state index in [0.29, 0.717) is 13.0 Å². The van der Waals surface area contributed by atoms with E-state index < -0.39 is 25.3 Å². The standard InChI is InChI=1S/C12H14F3NO2/c13-12(14,15)9-18-8-11(17)16-7-6-10-4-2-1-3-5-10/h1-5H,6-9H2,(H,16,17). The van der Waals surface area contributed by atoms with Crippen molar-refractivity contribution in [1.29, 1.82) is 0 Å². The fraction of sp³-hybridized carbons (Fsp3) is 0.417. The molecule has 0 unspecified atom stereocenters. The summed E-state index contributed by atoms with van der Waals surface area (Å²) in [4.78, 5) is 11.1. The molecule has 6 heteroatoms. The van der Waals surface area contributed by atoms with E-state index in [4.69, 9.17) is 0 Å². The van der Waals surface area contributed by atoms with Crippen LogP contribution in [-0.4, -0.2) is 31.8 Å². The minimum absolute atomic E-state index is 0.373. The monoisotopic (exact) mass is 261 g/mol. The molecule has 0 atom stereocenters. The van der Waals surface area contributed by atoms with E-state index in [9.17, 15) is 18.0 Å². The third-order valence-electron chi connectivity index (χ3n) is 2.08. The van der Waals surface area contributed by atoms with Gasteiger partial charge in [0, 0.05) is 6.54 Å². The molecule has 0 bridgehead atoms. The SMILES string of the molecule is O=C(COCC(F)(F)F)NCCc1ccccc1. The van der Waals surface area contributed by atoms with Crippen LogP contribution < -0.4 is 5.32 Å². The first kappa shape index (κ1) is 14.5. The van der Waals surface area contributed by atoms with Crippen molar-refractivity contribution in [1.82, 2.24) is 5.32 Å². The number of alkyl halides is 3. The molecule has 0 spiro atoms. The molecule has 1 amide bonds. The molecule has 0 aliphatic carbocycles. The van der Waals surface area contributed by atoms with Crippen LogP contribution in [0.4, 0.5) is 13.2 Å². The van der Waals surface area contributed by atoms with Gasteiger partial charge in [0.25, 0.3) is 0 Å². The van der Waals surface area contributed by atoms with Crippen molar-refractivity contribution in [3.8, 4) is 0 Å². The fourth-order valence-corrected chi connectivity index (χ4v) is 1.30. The maximum atomic E-state index is 11.7. The summed E-state index contributed by atoms with van der Waals surface area (Å²) in [5, 5.41) is 2.49. The first-order valence-corrected chi connectivity index (χ1v) is 5.42. The summed E-state index contributed by atoms with van der Waals surface area (Å²) < 4.78 is 39.4. The van der Waals surface area contributed by atoms with Crippen molar-refractivity contribution in [2.45, 2.75) is 12.6 Å². The van der Waals surface area contributed by atoms with Gasteiger partial charge >= 0.3 is 6.18 Å². The number of ether oxygens (including phenoxy) is 1. The lowest BCUT2D eigenvalue weighted by molar-refractivity contribution is -0.175. The molecule has 0 saturated heterocycles. The number of rotatable bonds is 6. The predicted molar refractivity (Wildman–Crippen MR) is 60.0 cm³/mol. The third-order valence-corrected chi connectivity index (χ3v) is 2.08. The zero-order valence-corrected chi connectivity index (χ0v) is 9.67. The summed E-state index contributed by atoms with van der Waals surface area (Å²) >= 11 is 0. The highest BCUT2D eigenvalue weighted by molar-refractivity contribution is 5.77. The maximum Gasteiger partial charge on any atom is 0.411 e. The minimum atomic E-state index is -4.40. The smallest absolute Gasteiger partial charge is 0.362 e. The number of hydrogen-bond donors (Lipinski definition) is 1. The number of nitrogens with one attached hydrogen (secondary N) is 1. The van der Waals surface area contributed by atoms with Crippen LogP contribution in [0.2, 0.25) is 0 Å². The Morgan fingerprint density at radius 3 is 2.50 bits per heavy atom. The molecular weight excluding hydrogens is 247 g/mol. The van der Waals surface area contributed by atoms with Crippen LogP contribution in [0, 0.1) is 0 Å². The van der Waals surface area contributed by atoms with E-state index in [1.54, 1.807) is 0 Å². The van der Waals surface area contributed by atoms with Crippen molar-refractivity contribution in [3.63, 3.8) is 0 Å². The topological polar surface area (TPSA) is 38.3 Å². The maximum absolute atomic E-state index is 11.7. The van der Waals surface area contributed by atoms with Crippen molar-refractivity contribution in [2.24, 2.45) is 0 Å². The van der Waals surface area contributed by atoms with E-state index in [-0.39, 0.29) is 0 Å². The van der Waals surface area contributed by atoms with Crippen LogP contribution in [0.3, 0.4) is 0 Å². The van der Waals surface area contributed by atoms with Gasteiger partial charge in [-0.15, -0.1) is 0 Å². The zero-order chi connectivity index (χ0) is 13.4. The molecule has 1 N–H and O–H groups in total. The molecule has 0 radical (unpaired) electrons. The van der Waals surface area contributed by atoms with Gasteiger partial charge in [-0.3, -0.25) is 4.79 Å². The summed E-state index contributed by atoms with van der Waals surface area (Å²) in [5.74, 6) is -0.546. The number of carbonyl (C=O) groups is 1. The van der Waals surface area contributed by atoms with Crippen LogP contribution in [0.25, 0.3) is 0 Å². The molecule has 0 aromatic heterocycles. The lowest BCUT2D eigenvalue weighted by atomic mass is 10.1. The van der Waals surface area contributed by atoms with Crippen molar-refractivity contribution < 1.29 is 22.7 Å². The second kappa shape index (κ2) is 7.00. The Morgan fingerprint density at radius 2 is 1.89 bits per heavy atom. The normalized spacial score (nSPS) is 11.3. The molecule has 18 heavy (non-hydrogen) atoms. The van der Waals surface area contributed by atoms with Gasteiger partial charge in [0.15, 0.2) is 0 Å². The lowest BCUT2D eigenvalue weighted by Crippen LogP contribution is -2.31. The number of carbonyl (C=O) groups excluding carboxylic acids is 1. The Hall–Kier alpha value is -1.56. The first-order valence-electron chi connectivity index (χ1n) is 5.42. The van der Waals surface area contributed by atoms with Crippen molar-refractivity contribution in [3.05, 3.63) is 35.9 Å². The third kappa shape index (κ3) is 6.90. The highest BCUT2D eigenvalue weighted by Gasteiger charge is 2.27. The molecule has 0 heterocycles. The number of amides is 1. The Labute approximate surface area is 103 Å². The summed E-state index contributed by atoms with van der Waals surface area (Å²) in [5.41, 5.74) is 1.05. The zero-order valence-electron chi connectivity index (χ0n) is 9.67. The van der Waals surface area contributed by atoms with Gasteiger partial charge in [-0.2, -0.15) is 13.2 Å². The van der Waals surface area contributed by atoms with Crippen molar-refractivity contribution >= 4 is 5.91 Å². The number of hydrogen-bond acceptors (Lipinski definition) is 2. The Kier molecular flexibility index (Phi) is 5.64. The molecular formula is C12H14F3NO2. The van der Waals surface area contributed by atoms with Crippen LogP contribution in [-0.2, 0) is 16.0 Å². The van der Waals surface area contributed by atoms with E-state index in [1.807, 2.05) is 30.3 Å². The van der Waals surface area contributed by atoms with Gasteiger partial charge in [-0.1, -0.05) is 30.3 Å². The quantitative estimate of drug-likeness (QED) is 0.849. The minimum Gasteiger partial charge on any atom is -0.362 e. The molecule has 0 aliphatic heterocycles. The van der Waals surface area contributed by atoms with Crippen LogP contribution in [0.5, 0.6) is 0 Å². The number of halogens is 3. The molecule has 3 nitrogen and oxygen atoms in total. The summed E-state index contributed by atoms with van der Waals surface area (Å²) in [6.45, 7) is -1.61. The van der Waals surface area contributed by atoms with Crippen LogP contribution >= 0.6 is 0 Å². The van der Waals surface area contributed by atoms with Gasteiger partial charge in [-0.25, -0.2) is 0 Å².